The molecule has 1 aromatic carbocycles. The van der Waals surface area contributed by atoms with Gasteiger partial charge in [-0.25, -0.2) is 4.79 Å². The van der Waals surface area contributed by atoms with Gasteiger partial charge in [-0.3, -0.25) is 4.79 Å². The zero-order chi connectivity index (χ0) is 13.7. The quantitative estimate of drug-likeness (QED) is 0.360. The third kappa shape index (κ3) is 3.50. The highest BCUT2D eigenvalue weighted by atomic mass is 35.5. The number of hydrogen-bond donors (Lipinski definition) is 0. The van der Waals surface area contributed by atoms with E-state index < -0.39 is 5.38 Å². The van der Waals surface area contributed by atoms with Crippen LogP contribution in [0.15, 0.2) is 23.1 Å². The number of ether oxygens (including phenoxy) is 1. The lowest BCUT2D eigenvalue weighted by atomic mass is 10.1. The van der Waals surface area contributed by atoms with Crippen molar-refractivity contribution in [1.82, 2.24) is 0 Å². The van der Waals surface area contributed by atoms with E-state index in [0.717, 1.165) is 4.90 Å². The van der Waals surface area contributed by atoms with Crippen LogP contribution in [0.5, 0.6) is 0 Å². The number of halogens is 1. The molecular formula is C13H15ClO3S. The molecule has 0 aliphatic heterocycles. The molecule has 0 spiro atoms. The van der Waals surface area contributed by atoms with Gasteiger partial charge in [0.2, 0.25) is 0 Å². The standard InChI is InChI=1S/C13H15ClO3S/c1-4-17-13(16)10-6-5-9(7-11(10)18-3)12(15)8(2)14/h5-8H,4H2,1-3H3. The van der Waals surface area contributed by atoms with Gasteiger partial charge < -0.3 is 4.74 Å². The number of rotatable bonds is 5. The molecule has 1 aromatic rings. The lowest BCUT2D eigenvalue weighted by Gasteiger charge is -2.09. The van der Waals surface area contributed by atoms with Gasteiger partial charge in [-0.15, -0.1) is 23.4 Å². The molecule has 0 aliphatic carbocycles. The molecule has 0 fully saturated rings. The van der Waals surface area contributed by atoms with Crippen molar-refractivity contribution in [3.63, 3.8) is 0 Å². The average molecular weight is 287 g/mol. The summed E-state index contributed by atoms with van der Waals surface area (Å²) in [5.41, 5.74) is 0.984. The Balaban J connectivity index is 3.11. The normalized spacial score (nSPS) is 12.0. The first-order valence-electron chi connectivity index (χ1n) is 5.54. The topological polar surface area (TPSA) is 43.4 Å². The maximum Gasteiger partial charge on any atom is 0.339 e. The first-order chi connectivity index (χ1) is 8.51. The van der Waals surface area contributed by atoms with Crippen molar-refractivity contribution in [2.75, 3.05) is 12.9 Å². The number of hydrogen-bond acceptors (Lipinski definition) is 4. The van der Waals surface area contributed by atoms with Crippen LogP contribution < -0.4 is 0 Å². The highest BCUT2D eigenvalue weighted by Crippen LogP contribution is 2.24. The van der Waals surface area contributed by atoms with Crippen molar-refractivity contribution < 1.29 is 14.3 Å². The second-order valence-corrected chi connectivity index (χ2v) is 5.12. The van der Waals surface area contributed by atoms with Crippen LogP contribution in [-0.4, -0.2) is 30.0 Å². The predicted molar refractivity (Wildman–Crippen MR) is 73.8 cm³/mol. The molecule has 3 nitrogen and oxygen atoms in total. The summed E-state index contributed by atoms with van der Waals surface area (Å²) in [6.07, 6.45) is 1.84. The number of carbonyl (C=O) groups is 2. The molecule has 5 heteroatoms. The van der Waals surface area contributed by atoms with Crippen molar-refractivity contribution >= 4 is 35.1 Å². The van der Waals surface area contributed by atoms with Crippen LogP contribution >= 0.6 is 23.4 Å². The van der Waals surface area contributed by atoms with E-state index in [9.17, 15) is 9.59 Å². The Hall–Kier alpha value is -1.00. The predicted octanol–water partition coefficient (Wildman–Crippen LogP) is 3.40. The lowest BCUT2D eigenvalue weighted by molar-refractivity contribution is 0.0522. The number of benzene rings is 1. The highest BCUT2D eigenvalue weighted by Gasteiger charge is 2.17. The van der Waals surface area contributed by atoms with Crippen molar-refractivity contribution in [2.45, 2.75) is 24.1 Å². The molecule has 0 amide bonds. The second-order valence-electron chi connectivity index (χ2n) is 3.62. The van der Waals surface area contributed by atoms with Gasteiger partial charge in [0, 0.05) is 10.5 Å². The van der Waals surface area contributed by atoms with Crippen LogP contribution in [0.4, 0.5) is 0 Å². The van der Waals surface area contributed by atoms with E-state index in [4.69, 9.17) is 16.3 Å². The molecule has 0 saturated carbocycles. The van der Waals surface area contributed by atoms with Crippen LogP contribution in [0.1, 0.15) is 34.6 Å². The number of carbonyl (C=O) groups excluding carboxylic acids is 2. The molecule has 0 bridgehead atoms. The van der Waals surface area contributed by atoms with Crippen LogP contribution in [-0.2, 0) is 4.74 Å². The minimum absolute atomic E-state index is 0.151. The Morgan fingerprint density at radius 3 is 2.61 bits per heavy atom. The summed E-state index contributed by atoms with van der Waals surface area (Å²) in [6.45, 7) is 3.71. The summed E-state index contributed by atoms with van der Waals surface area (Å²) in [6, 6.07) is 4.89. The third-order valence-electron chi connectivity index (χ3n) is 2.34. The smallest absolute Gasteiger partial charge is 0.339 e. The van der Waals surface area contributed by atoms with E-state index in [-0.39, 0.29) is 11.8 Å². The van der Waals surface area contributed by atoms with Crippen LogP contribution in [0.25, 0.3) is 0 Å². The number of Topliss-reactive ketones (excluding diaryl/α,β-unsaturated/α-hetero) is 1. The third-order valence-corrected chi connectivity index (χ3v) is 3.32. The molecule has 0 aliphatic rings. The summed E-state index contributed by atoms with van der Waals surface area (Å²) in [4.78, 5) is 24.2. The van der Waals surface area contributed by atoms with Crippen molar-refractivity contribution in [3.05, 3.63) is 29.3 Å². The maximum atomic E-state index is 11.8. The number of ketones is 1. The molecule has 1 atom stereocenters. The monoisotopic (exact) mass is 286 g/mol. The Labute approximate surface area is 116 Å². The van der Waals surface area contributed by atoms with E-state index in [1.165, 1.54) is 11.8 Å². The van der Waals surface area contributed by atoms with Gasteiger partial charge >= 0.3 is 5.97 Å². The van der Waals surface area contributed by atoms with Gasteiger partial charge in [0.25, 0.3) is 0 Å². The Kier molecular flexibility index (Phi) is 5.69. The van der Waals surface area contributed by atoms with Crippen LogP contribution in [0.3, 0.4) is 0 Å². The van der Waals surface area contributed by atoms with Gasteiger partial charge in [-0.2, -0.15) is 0 Å². The molecule has 18 heavy (non-hydrogen) atoms. The van der Waals surface area contributed by atoms with E-state index in [1.807, 2.05) is 6.26 Å². The fourth-order valence-corrected chi connectivity index (χ4v) is 2.19. The van der Waals surface area contributed by atoms with Gasteiger partial charge in [-0.05, 0) is 32.2 Å². The molecule has 0 saturated heterocycles. The highest BCUT2D eigenvalue weighted by molar-refractivity contribution is 7.98. The molecule has 0 aromatic heterocycles. The summed E-state index contributed by atoms with van der Waals surface area (Å²) >= 11 is 7.16. The molecule has 1 rings (SSSR count). The van der Waals surface area contributed by atoms with Gasteiger partial charge in [-0.1, -0.05) is 6.07 Å². The molecule has 98 valence electrons. The fraction of sp³-hybridized carbons (Fsp3) is 0.385. The first-order valence-corrected chi connectivity index (χ1v) is 7.20. The lowest BCUT2D eigenvalue weighted by Crippen LogP contribution is -2.12. The first kappa shape index (κ1) is 15.1. The molecule has 1 unspecified atom stereocenters. The zero-order valence-corrected chi connectivity index (χ0v) is 12.1. The number of esters is 1. The molecule has 0 N–H and O–H groups in total. The summed E-state index contributed by atoms with van der Waals surface area (Å²) < 4.78 is 4.95. The maximum absolute atomic E-state index is 11.8. The van der Waals surface area contributed by atoms with E-state index in [0.29, 0.717) is 17.7 Å². The van der Waals surface area contributed by atoms with Crippen LogP contribution in [0.2, 0.25) is 0 Å². The van der Waals surface area contributed by atoms with E-state index >= 15 is 0 Å². The second kappa shape index (κ2) is 6.81. The summed E-state index contributed by atoms with van der Waals surface area (Å²) in [5.74, 6) is -0.526. The SMILES string of the molecule is CCOC(=O)c1ccc(C(=O)C(C)Cl)cc1SC. The van der Waals surface area contributed by atoms with Gasteiger partial charge in [0.05, 0.1) is 17.5 Å². The van der Waals surface area contributed by atoms with Crippen molar-refractivity contribution in [1.29, 1.82) is 0 Å². The Morgan fingerprint density at radius 2 is 2.11 bits per heavy atom. The van der Waals surface area contributed by atoms with Gasteiger partial charge in [0.15, 0.2) is 5.78 Å². The molecule has 0 radical (unpaired) electrons. The van der Waals surface area contributed by atoms with Crippen molar-refractivity contribution in [2.24, 2.45) is 0 Å². The molecular weight excluding hydrogens is 272 g/mol. The Bertz CT molecular complexity index is 458. The summed E-state index contributed by atoms with van der Waals surface area (Å²) in [5, 5.41) is -0.576. The van der Waals surface area contributed by atoms with Crippen LogP contribution in [0, 0.1) is 0 Å². The number of alkyl halides is 1. The minimum atomic E-state index is -0.576. The summed E-state index contributed by atoms with van der Waals surface area (Å²) in [7, 11) is 0. The number of thioether (sulfide) groups is 1. The Morgan fingerprint density at radius 1 is 1.44 bits per heavy atom. The van der Waals surface area contributed by atoms with E-state index in [2.05, 4.69) is 0 Å². The molecule has 0 heterocycles. The van der Waals surface area contributed by atoms with Crippen molar-refractivity contribution in [3.8, 4) is 0 Å². The minimum Gasteiger partial charge on any atom is -0.462 e. The largest absolute Gasteiger partial charge is 0.462 e. The van der Waals surface area contributed by atoms with E-state index in [1.54, 1.807) is 32.0 Å². The average Bonchev–Trinajstić information content (AvgIpc) is 2.37. The van der Waals surface area contributed by atoms with Gasteiger partial charge in [0.1, 0.15) is 0 Å². The zero-order valence-electron chi connectivity index (χ0n) is 10.5. The fourth-order valence-electron chi connectivity index (χ4n) is 1.45.